The maximum absolute atomic E-state index is 14.8. The fraction of sp³-hybridized carbons (Fsp3) is 0.300. The van der Waals surface area contributed by atoms with Gasteiger partial charge in [0.2, 0.25) is 0 Å². The van der Waals surface area contributed by atoms with Gasteiger partial charge in [-0.2, -0.15) is 10.5 Å². The van der Waals surface area contributed by atoms with Crippen LogP contribution >= 0.6 is 11.8 Å². The highest BCUT2D eigenvalue weighted by Gasteiger charge is 2.26. The Morgan fingerprint density at radius 1 is 0.962 bits per heavy atom. The minimum atomic E-state index is -0.987. The van der Waals surface area contributed by atoms with E-state index in [9.17, 15) is 8.78 Å². The number of halogens is 2. The molecule has 0 saturated carbocycles. The summed E-state index contributed by atoms with van der Waals surface area (Å²) < 4.78 is 35.1. The molecule has 134 valence electrons. The van der Waals surface area contributed by atoms with E-state index < -0.39 is 22.8 Å². The van der Waals surface area contributed by atoms with Crippen LogP contribution in [0.3, 0.4) is 0 Å². The summed E-state index contributed by atoms with van der Waals surface area (Å²) in [5, 5.41) is 18.3. The summed E-state index contributed by atoms with van der Waals surface area (Å²) in [5.41, 5.74) is -1.22. The molecular formula is C20H18F2N2OS. The van der Waals surface area contributed by atoms with E-state index in [4.69, 9.17) is 15.3 Å². The Morgan fingerprint density at radius 2 is 1.62 bits per heavy atom. The first kappa shape index (κ1) is 19.8. The van der Waals surface area contributed by atoms with Crippen molar-refractivity contribution < 1.29 is 13.5 Å². The number of ether oxygens (including phenoxy) is 1. The van der Waals surface area contributed by atoms with Gasteiger partial charge in [-0.3, -0.25) is 0 Å². The minimum Gasteiger partial charge on any atom is -0.489 e. The first-order valence-corrected chi connectivity index (χ1v) is 9.16. The molecule has 0 aliphatic rings. The van der Waals surface area contributed by atoms with Gasteiger partial charge in [-0.15, -0.1) is 0 Å². The van der Waals surface area contributed by atoms with Crippen LogP contribution in [0.1, 0.15) is 43.7 Å². The highest BCUT2D eigenvalue weighted by Crippen LogP contribution is 2.41. The Kier molecular flexibility index (Phi) is 7.44. The Bertz CT molecular complexity index is 842. The van der Waals surface area contributed by atoms with Gasteiger partial charge in [-0.25, -0.2) is 8.78 Å². The van der Waals surface area contributed by atoms with Crippen LogP contribution < -0.4 is 4.74 Å². The molecule has 0 aliphatic heterocycles. The zero-order valence-corrected chi connectivity index (χ0v) is 15.2. The van der Waals surface area contributed by atoms with E-state index in [0.29, 0.717) is 11.3 Å². The lowest BCUT2D eigenvalue weighted by molar-refractivity contribution is 0.279. The van der Waals surface area contributed by atoms with E-state index in [2.05, 4.69) is 6.92 Å². The van der Waals surface area contributed by atoms with Crippen LogP contribution in [-0.4, -0.2) is 6.61 Å². The summed E-state index contributed by atoms with van der Waals surface area (Å²) in [5.74, 6) is -2.22. The number of unbranched alkanes of at least 4 members (excludes halogenated alkanes) is 3. The summed E-state index contributed by atoms with van der Waals surface area (Å²) in [6, 6.07) is 12.0. The van der Waals surface area contributed by atoms with Crippen LogP contribution in [-0.2, 0) is 0 Å². The van der Waals surface area contributed by atoms with E-state index in [1.54, 1.807) is 36.4 Å². The monoisotopic (exact) mass is 372 g/mol. The summed E-state index contributed by atoms with van der Waals surface area (Å²) in [6.45, 7) is 2.29. The van der Waals surface area contributed by atoms with Crippen molar-refractivity contribution in [2.45, 2.75) is 42.4 Å². The number of benzene rings is 2. The standard InChI is InChI=1S/C20H18F2N2OS/c1-2-3-4-8-11-25-19-17(21)15(12-23)16(13-24)18(22)20(19)26-14-9-6-5-7-10-14/h5-7,9-10H,2-4,8,11H2,1H3. The van der Waals surface area contributed by atoms with Crippen molar-refractivity contribution in [1.82, 2.24) is 0 Å². The van der Waals surface area contributed by atoms with Gasteiger partial charge in [0.05, 0.1) is 11.5 Å². The zero-order chi connectivity index (χ0) is 18.9. The van der Waals surface area contributed by atoms with Gasteiger partial charge in [0.1, 0.15) is 23.3 Å². The summed E-state index contributed by atoms with van der Waals surface area (Å²) in [6.07, 6.45) is 3.70. The number of hydrogen-bond acceptors (Lipinski definition) is 4. The summed E-state index contributed by atoms with van der Waals surface area (Å²) in [7, 11) is 0. The second kappa shape index (κ2) is 9.79. The molecule has 3 nitrogen and oxygen atoms in total. The zero-order valence-electron chi connectivity index (χ0n) is 14.4. The van der Waals surface area contributed by atoms with Crippen molar-refractivity contribution >= 4 is 11.8 Å². The van der Waals surface area contributed by atoms with Crippen LogP contribution in [0, 0.1) is 34.3 Å². The normalized spacial score (nSPS) is 10.2. The first-order valence-electron chi connectivity index (χ1n) is 8.34. The van der Waals surface area contributed by atoms with Crippen LogP contribution in [0.4, 0.5) is 8.78 Å². The number of rotatable bonds is 8. The Hall–Kier alpha value is -2.57. The molecule has 0 amide bonds. The molecule has 2 aromatic carbocycles. The molecule has 0 fully saturated rings. The van der Waals surface area contributed by atoms with Gasteiger partial charge in [0.15, 0.2) is 17.4 Å². The molecule has 2 rings (SSSR count). The van der Waals surface area contributed by atoms with Gasteiger partial charge < -0.3 is 4.74 Å². The molecule has 0 heterocycles. The van der Waals surface area contributed by atoms with Gasteiger partial charge >= 0.3 is 0 Å². The number of nitriles is 2. The molecule has 0 spiro atoms. The molecule has 0 aliphatic carbocycles. The Balaban J connectivity index is 2.43. The van der Waals surface area contributed by atoms with Crippen molar-refractivity contribution in [3.8, 4) is 17.9 Å². The van der Waals surface area contributed by atoms with Crippen molar-refractivity contribution in [3.63, 3.8) is 0 Å². The second-order valence-electron chi connectivity index (χ2n) is 5.58. The largest absolute Gasteiger partial charge is 0.489 e. The lowest BCUT2D eigenvalue weighted by Gasteiger charge is -2.15. The van der Waals surface area contributed by atoms with E-state index in [1.165, 1.54) is 0 Å². The third kappa shape index (κ3) is 4.53. The van der Waals surface area contributed by atoms with Crippen molar-refractivity contribution in [1.29, 1.82) is 10.5 Å². The van der Waals surface area contributed by atoms with Crippen LogP contribution in [0.25, 0.3) is 0 Å². The smallest absolute Gasteiger partial charge is 0.185 e. The average Bonchev–Trinajstić information content (AvgIpc) is 2.66. The Morgan fingerprint density at radius 3 is 2.23 bits per heavy atom. The van der Waals surface area contributed by atoms with E-state index >= 15 is 0 Å². The van der Waals surface area contributed by atoms with Gasteiger partial charge in [-0.1, -0.05) is 56.1 Å². The molecule has 0 N–H and O–H groups in total. The number of nitrogens with zero attached hydrogens (tertiary/aromatic N) is 2. The molecule has 0 saturated heterocycles. The molecule has 0 atom stereocenters. The lowest BCUT2D eigenvalue weighted by atomic mass is 10.1. The highest BCUT2D eigenvalue weighted by atomic mass is 32.2. The fourth-order valence-corrected chi connectivity index (χ4v) is 3.35. The van der Waals surface area contributed by atoms with Crippen LogP contribution in [0.2, 0.25) is 0 Å². The molecule has 26 heavy (non-hydrogen) atoms. The molecular weight excluding hydrogens is 354 g/mol. The van der Waals surface area contributed by atoms with Gasteiger partial charge in [0, 0.05) is 4.90 Å². The van der Waals surface area contributed by atoms with E-state index in [1.807, 2.05) is 6.07 Å². The van der Waals surface area contributed by atoms with Crippen molar-refractivity contribution in [2.75, 3.05) is 6.61 Å². The van der Waals surface area contributed by atoms with Crippen molar-refractivity contribution in [2.24, 2.45) is 0 Å². The maximum Gasteiger partial charge on any atom is 0.185 e. The average molecular weight is 372 g/mol. The molecule has 0 aromatic heterocycles. The lowest BCUT2D eigenvalue weighted by Crippen LogP contribution is -2.06. The van der Waals surface area contributed by atoms with Gasteiger partial charge in [0.25, 0.3) is 0 Å². The van der Waals surface area contributed by atoms with Crippen LogP contribution in [0.15, 0.2) is 40.1 Å². The summed E-state index contributed by atoms with van der Waals surface area (Å²) in [4.78, 5) is 0.565. The minimum absolute atomic E-state index is 0.111. The topological polar surface area (TPSA) is 56.8 Å². The quantitative estimate of drug-likeness (QED) is 0.548. The second-order valence-corrected chi connectivity index (χ2v) is 6.67. The number of hydrogen-bond donors (Lipinski definition) is 0. The predicted octanol–water partition coefficient (Wildman–Crippen LogP) is 5.82. The third-order valence-electron chi connectivity index (χ3n) is 3.72. The van der Waals surface area contributed by atoms with E-state index in [0.717, 1.165) is 31.0 Å². The molecule has 6 heteroatoms. The molecule has 2 aromatic rings. The first-order chi connectivity index (χ1) is 12.6. The van der Waals surface area contributed by atoms with Crippen molar-refractivity contribution in [3.05, 3.63) is 53.1 Å². The molecule has 0 radical (unpaired) electrons. The predicted molar refractivity (Wildman–Crippen MR) is 96.0 cm³/mol. The molecule has 0 bridgehead atoms. The third-order valence-corrected chi connectivity index (χ3v) is 4.80. The summed E-state index contributed by atoms with van der Waals surface area (Å²) >= 11 is 0.972. The van der Waals surface area contributed by atoms with E-state index in [-0.39, 0.29) is 17.3 Å². The van der Waals surface area contributed by atoms with Crippen LogP contribution in [0.5, 0.6) is 5.75 Å². The highest BCUT2D eigenvalue weighted by molar-refractivity contribution is 7.99. The van der Waals surface area contributed by atoms with Gasteiger partial charge in [-0.05, 0) is 18.6 Å². The fourth-order valence-electron chi connectivity index (χ4n) is 2.39. The Labute approximate surface area is 156 Å². The SMILES string of the molecule is CCCCCCOc1c(F)c(C#N)c(C#N)c(F)c1Sc1ccccc1. The maximum atomic E-state index is 14.8. The molecule has 0 unspecified atom stereocenters.